The monoisotopic (exact) mass is 221 g/mol. The Morgan fingerprint density at radius 2 is 2.38 bits per heavy atom. The van der Waals surface area contributed by atoms with E-state index < -0.39 is 0 Å². The summed E-state index contributed by atoms with van der Waals surface area (Å²) in [5.41, 5.74) is 0. The molecule has 90 valence electrons. The van der Waals surface area contributed by atoms with E-state index in [-0.39, 0.29) is 0 Å². The minimum atomic E-state index is 0.509. The van der Waals surface area contributed by atoms with Crippen molar-refractivity contribution >= 4 is 0 Å². The molecular weight excluding hydrogens is 198 g/mol. The maximum absolute atomic E-state index is 4.24. The van der Waals surface area contributed by atoms with Crippen LogP contribution in [0.25, 0.3) is 0 Å². The molecule has 3 nitrogen and oxygen atoms in total. The van der Waals surface area contributed by atoms with Crippen molar-refractivity contribution in [2.75, 3.05) is 0 Å². The molecular formula is C13H23N3. The van der Waals surface area contributed by atoms with E-state index in [9.17, 15) is 0 Å². The molecule has 0 aliphatic heterocycles. The first kappa shape index (κ1) is 11.6. The maximum Gasteiger partial charge on any atom is 0.0560 e. The zero-order valence-electron chi connectivity index (χ0n) is 10.4. The van der Waals surface area contributed by atoms with Gasteiger partial charge in [0.1, 0.15) is 0 Å². The lowest BCUT2D eigenvalue weighted by Gasteiger charge is -2.30. The highest BCUT2D eigenvalue weighted by Crippen LogP contribution is 2.23. The highest BCUT2D eigenvalue weighted by atomic mass is 15.3. The van der Waals surface area contributed by atoms with E-state index in [1.807, 2.05) is 23.1 Å². The Hall–Kier alpha value is -0.830. The van der Waals surface area contributed by atoms with Crippen LogP contribution < -0.4 is 5.32 Å². The van der Waals surface area contributed by atoms with Gasteiger partial charge in [-0.05, 0) is 31.7 Å². The Bertz CT molecular complexity index is 294. The molecule has 1 fully saturated rings. The second-order valence-corrected chi connectivity index (χ2v) is 5.26. The van der Waals surface area contributed by atoms with Crippen LogP contribution in [0.4, 0.5) is 0 Å². The number of nitrogens with zero attached hydrogens (tertiary/aromatic N) is 2. The minimum Gasteiger partial charge on any atom is -0.310 e. The van der Waals surface area contributed by atoms with Gasteiger partial charge in [-0.3, -0.25) is 4.68 Å². The molecule has 1 saturated carbocycles. The molecule has 3 heteroatoms. The molecule has 1 N–H and O–H groups in total. The summed E-state index contributed by atoms with van der Waals surface area (Å²) < 4.78 is 2.00. The molecule has 1 aliphatic rings. The molecule has 16 heavy (non-hydrogen) atoms. The minimum absolute atomic E-state index is 0.509. The molecule has 0 radical (unpaired) electrons. The van der Waals surface area contributed by atoms with E-state index >= 15 is 0 Å². The summed E-state index contributed by atoms with van der Waals surface area (Å²) in [7, 11) is 0. The van der Waals surface area contributed by atoms with Crippen molar-refractivity contribution < 1.29 is 0 Å². The van der Waals surface area contributed by atoms with Crippen LogP contribution in [0.5, 0.6) is 0 Å². The lowest BCUT2D eigenvalue weighted by atomic mass is 9.87. The maximum atomic E-state index is 4.24. The number of hydrogen-bond donors (Lipinski definition) is 1. The summed E-state index contributed by atoms with van der Waals surface area (Å²) in [4.78, 5) is 0. The number of nitrogens with one attached hydrogen (secondary N) is 1. The van der Waals surface area contributed by atoms with Crippen molar-refractivity contribution in [2.24, 2.45) is 5.92 Å². The van der Waals surface area contributed by atoms with Crippen molar-refractivity contribution in [1.82, 2.24) is 15.1 Å². The van der Waals surface area contributed by atoms with Crippen molar-refractivity contribution in [3.05, 3.63) is 18.5 Å². The highest BCUT2D eigenvalue weighted by Gasteiger charge is 2.19. The Balaban J connectivity index is 1.76. The lowest BCUT2D eigenvalue weighted by molar-refractivity contribution is 0.274. The number of aromatic nitrogens is 2. The first-order valence-electron chi connectivity index (χ1n) is 6.47. The Morgan fingerprint density at radius 3 is 3.06 bits per heavy atom. The van der Waals surface area contributed by atoms with E-state index in [4.69, 9.17) is 0 Å². The molecule has 2 rings (SSSR count). The molecule has 0 spiro atoms. The molecule has 0 bridgehead atoms. The quantitative estimate of drug-likeness (QED) is 0.846. The van der Waals surface area contributed by atoms with Gasteiger partial charge in [-0.15, -0.1) is 0 Å². The van der Waals surface area contributed by atoms with E-state index in [1.165, 1.54) is 25.7 Å². The lowest BCUT2D eigenvalue weighted by Crippen LogP contribution is -2.41. The smallest absolute Gasteiger partial charge is 0.0560 e. The molecule has 1 aliphatic carbocycles. The third-order valence-electron chi connectivity index (χ3n) is 3.48. The van der Waals surface area contributed by atoms with Crippen molar-refractivity contribution in [2.45, 2.75) is 58.2 Å². The van der Waals surface area contributed by atoms with Crippen LogP contribution in [0.2, 0.25) is 0 Å². The first-order valence-corrected chi connectivity index (χ1v) is 6.47. The van der Waals surface area contributed by atoms with Crippen molar-refractivity contribution in [3.8, 4) is 0 Å². The predicted molar refractivity (Wildman–Crippen MR) is 66.2 cm³/mol. The Morgan fingerprint density at radius 1 is 1.50 bits per heavy atom. The molecule has 3 unspecified atom stereocenters. The highest BCUT2D eigenvalue weighted by molar-refractivity contribution is 4.81. The fourth-order valence-corrected chi connectivity index (χ4v) is 2.73. The van der Waals surface area contributed by atoms with Crippen molar-refractivity contribution in [3.63, 3.8) is 0 Å². The molecule has 0 amide bonds. The van der Waals surface area contributed by atoms with Crippen LogP contribution in [0.3, 0.4) is 0 Å². The van der Waals surface area contributed by atoms with Gasteiger partial charge < -0.3 is 5.32 Å². The zero-order valence-corrected chi connectivity index (χ0v) is 10.4. The van der Waals surface area contributed by atoms with E-state index in [2.05, 4.69) is 24.3 Å². The summed E-state index contributed by atoms with van der Waals surface area (Å²) in [5.74, 6) is 0.892. The van der Waals surface area contributed by atoms with E-state index in [1.54, 1.807) is 0 Å². The zero-order chi connectivity index (χ0) is 11.4. The summed E-state index contributed by atoms with van der Waals surface area (Å²) in [5, 5.41) is 7.97. The van der Waals surface area contributed by atoms with Crippen LogP contribution in [-0.2, 0) is 6.54 Å². The summed E-state index contributed by atoms with van der Waals surface area (Å²) in [6, 6.07) is 3.21. The molecule has 0 saturated heterocycles. The van der Waals surface area contributed by atoms with Gasteiger partial charge in [0.25, 0.3) is 0 Å². The topological polar surface area (TPSA) is 29.9 Å². The van der Waals surface area contributed by atoms with Gasteiger partial charge in [-0.1, -0.05) is 19.8 Å². The summed E-state index contributed by atoms with van der Waals surface area (Å²) >= 11 is 0. The van der Waals surface area contributed by atoms with Gasteiger partial charge in [0, 0.05) is 24.5 Å². The summed E-state index contributed by atoms with van der Waals surface area (Å²) in [6.45, 7) is 5.59. The number of rotatable bonds is 4. The third kappa shape index (κ3) is 3.34. The third-order valence-corrected chi connectivity index (χ3v) is 3.48. The van der Waals surface area contributed by atoms with Crippen LogP contribution >= 0.6 is 0 Å². The fourth-order valence-electron chi connectivity index (χ4n) is 2.73. The second kappa shape index (κ2) is 5.48. The van der Waals surface area contributed by atoms with Gasteiger partial charge in [0.2, 0.25) is 0 Å². The Kier molecular flexibility index (Phi) is 3.99. The van der Waals surface area contributed by atoms with Gasteiger partial charge in [0.15, 0.2) is 0 Å². The first-order chi connectivity index (χ1) is 7.74. The summed E-state index contributed by atoms with van der Waals surface area (Å²) in [6.07, 6.45) is 9.34. The van der Waals surface area contributed by atoms with E-state index in [0.29, 0.717) is 12.1 Å². The van der Waals surface area contributed by atoms with Crippen LogP contribution in [0, 0.1) is 5.92 Å². The largest absolute Gasteiger partial charge is 0.310 e. The molecule has 3 atom stereocenters. The Labute approximate surface area is 98.2 Å². The number of hydrogen-bond acceptors (Lipinski definition) is 2. The predicted octanol–water partition coefficient (Wildman–Crippen LogP) is 2.44. The standard InChI is InChI=1S/C13H23N3/c1-11-5-3-6-13(9-11)15-12(2)10-16-8-4-7-14-16/h4,7-8,11-13,15H,3,5-6,9-10H2,1-2H3. The van der Waals surface area contributed by atoms with Gasteiger partial charge in [0.05, 0.1) is 6.54 Å². The van der Waals surface area contributed by atoms with Gasteiger partial charge in [-0.2, -0.15) is 5.10 Å². The average Bonchev–Trinajstić information content (AvgIpc) is 2.70. The van der Waals surface area contributed by atoms with Gasteiger partial charge in [-0.25, -0.2) is 0 Å². The van der Waals surface area contributed by atoms with E-state index in [0.717, 1.165) is 12.5 Å². The van der Waals surface area contributed by atoms with Crippen molar-refractivity contribution in [1.29, 1.82) is 0 Å². The van der Waals surface area contributed by atoms with Crippen LogP contribution in [-0.4, -0.2) is 21.9 Å². The van der Waals surface area contributed by atoms with Crippen LogP contribution in [0.15, 0.2) is 18.5 Å². The average molecular weight is 221 g/mol. The SMILES string of the molecule is CC1CCCC(NC(C)Cn2cccn2)C1. The second-order valence-electron chi connectivity index (χ2n) is 5.26. The molecule has 1 heterocycles. The normalized spacial score (nSPS) is 27.9. The molecule has 1 aromatic rings. The molecule has 1 aromatic heterocycles. The van der Waals surface area contributed by atoms with Gasteiger partial charge >= 0.3 is 0 Å². The van der Waals surface area contributed by atoms with Crippen LogP contribution in [0.1, 0.15) is 39.5 Å². The molecule has 0 aromatic carbocycles. The fraction of sp³-hybridized carbons (Fsp3) is 0.769.